The van der Waals surface area contributed by atoms with Gasteiger partial charge in [0.2, 0.25) is 0 Å². The van der Waals surface area contributed by atoms with Crippen LogP contribution in [0.2, 0.25) is 0 Å². The van der Waals surface area contributed by atoms with Crippen LogP contribution in [0.15, 0.2) is 60.7 Å². The number of hydrogen-bond acceptors (Lipinski definition) is 3. The molecular formula is C24H27NO3. The van der Waals surface area contributed by atoms with Gasteiger partial charge in [-0.15, -0.1) is 0 Å². The van der Waals surface area contributed by atoms with Gasteiger partial charge in [-0.05, 0) is 30.9 Å². The Morgan fingerprint density at radius 2 is 1.39 bits per heavy atom. The largest absolute Gasteiger partial charge is 0.448 e. The first-order chi connectivity index (χ1) is 13.3. The number of carbonyl (C=O) groups is 2. The summed E-state index contributed by atoms with van der Waals surface area (Å²) in [6, 6.07) is 19.9. The monoisotopic (exact) mass is 377 g/mol. The molecule has 2 fully saturated rings. The molecule has 0 spiro atoms. The van der Waals surface area contributed by atoms with E-state index in [4.69, 9.17) is 4.74 Å². The molecular weight excluding hydrogens is 350 g/mol. The Morgan fingerprint density at radius 3 is 1.79 bits per heavy atom. The van der Waals surface area contributed by atoms with Gasteiger partial charge in [0.05, 0.1) is 5.41 Å². The topological polar surface area (TPSA) is 46.6 Å². The summed E-state index contributed by atoms with van der Waals surface area (Å²) in [7, 11) is 0. The molecule has 1 aliphatic heterocycles. The van der Waals surface area contributed by atoms with Crippen LogP contribution >= 0.6 is 0 Å². The minimum atomic E-state index is -1.08. The third-order valence-electron chi connectivity index (χ3n) is 7.15. The highest BCUT2D eigenvalue weighted by molar-refractivity contribution is 5.96. The van der Waals surface area contributed by atoms with E-state index in [0.29, 0.717) is 25.9 Å². The van der Waals surface area contributed by atoms with Gasteiger partial charge in [0.25, 0.3) is 5.91 Å². The van der Waals surface area contributed by atoms with Gasteiger partial charge >= 0.3 is 5.97 Å². The third kappa shape index (κ3) is 2.58. The Hall–Kier alpha value is -2.62. The van der Waals surface area contributed by atoms with Crippen molar-refractivity contribution in [3.63, 3.8) is 0 Å². The van der Waals surface area contributed by atoms with Crippen molar-refractivity contribution in [2.24, 2.45) is 10.8 Å². The normalized spacial score (nSPS) is 27.5. The number of rotatable bonds is 5. The molecule has 4 nitrogen and oxygen atoms in total. The number of nitrogens with zero attached hydrogens (tertiary/aromatic N) is 1. The number of ether oxygens (including phenoxy) is 1. The zero-order valence-corrected chi connectivity index (χ0v) is 16.8. The first-order valence-corrected chi connectivity index (χ1v) is 9.91. The number of hydrogen-bond donors (Lipinski definition) is 0. The SMILES string of the molecule is CC1(C)[C@@]2(C(=O)N(Cc3ccccc3)Cc3ccccc3)CC[C@]1(C)C(=O)O2. The number of carbonyl (C=O) groups excluding carboxylic acids is 2. The lowest BCUT2D eigenvalue weighted by Gasteiger charge is -2.39. The van der Waals surface area contributed by atoms with Gasteiger partial charge in [0, 0.05) is 18.5 Å². The molecule has 1 saturated heterocycles. The zero-order chi connectivity index (χ0) is 20.0. The molecule has 4 heteroatoms. The lowest BCUT2D eigenvalue weighted by molar-refractivity contribution is -0.174. The van der Waals surface area contributed by atoms with E-state index in [-0.39, 0.29) is 11.9 Å². The van der Waals surface area contributed by atoms with E-state index in [1.54, 1.807) is 0 Å². The Balaban J connectivity index is 1.70. The summed E-state index contributed by atoms with van der Waals surface area (Å²) in [6.45, 7) is 6.93. The highest BCUT2D eigenvalue weighted by Crippen LogP contribution is 2.66. The van der Waals surface area contributed by atoms with Crippen molar-refractivity contribution in [2.45, 2.75) is 52.3 Å². The number of benzene rings is 2. The molecule has 2 aromatic carbocycles. The van der Waals surface area contributed by atoms with Crippen LogP contribution in [0.25, 0.3) is 0 Å². The smallest absolute Gasteiger partial charge is 0.313 e. The lowest BCUT2D eigenvalue weighted by atomic mass is 9.66. The molecule has 0 aromatic heterocycles. The van der Waals surface area contributed by atoms with Crippen LogP contribution in [0.3, 0.4) is 0 Å². The van der Waals surface area contributed by atoms with Crippen LogP contribution in [-0.2, 0) is 27.4 Å². The average Bonchev–Trinajstić information content (AvgIpc) is 2.99. The lowest BCUT2D eigenvalue weighted by Crippen LogP contribution is -2.54. The second kappa shape index (κ2) is 6.47. The quantitative estimate of drug-likeness (QED) is 0.729. The third-order valence-corrected chi connectivity index (χ3v) is 7.15. The number of fused-ring (bicyclic) bond motifs is 2. The Morgan fingerprint density at radius 1 is 0.893 bits per heavy atom. The van der Waals surface area contributed by atoms with E-state index < -0.39 is 16.4 Å². The van der Waals surface area contributed by atoms with Gasteiger partial charge in [-0.25, -0.2) is 0 Å². The first-order valence-electron chi connectivity index (χ1n) is 9.91. The van der Waals surface area contributed by atoms with E-state index in [9.17, 15) is 9.59 Å². The molecule has 1 heterocycles. The number of esters is 1. The van der Waals surface area contributed by atoms with E-state index in [1.165, 1.54) is 0 Å². The molecule has 2 aliphatic rings. The second-order valence-corrected chi connectivity index (χ2v) is 8.81. The maximum absolute atomic E-state index is 13.9. The van der Waals surface area contributed by atoms with Crippen LogP contribution < -0.4 is 0 Å². The van der Waals surface area contributed by atoms with Gasteiger partial charge in [-0.1, -0.05) is 74.5 Å². The van der Waals surface area contributed by atoms with Crippen LogP contribution in [0.5, 0.6) is 0 Å². The maximum atomic E-state index is 13.9. The maximum Gasteiger partial charge on any atom is 0.313 e. The van der Waals surface area contributed by atoms with Crippen molar-refractivity contribution in [1.29, 1.82) is 0 Å². The van der Waals surface area contributed by atoms with Gasteiger partial charge in [-0.2, -0.15) is 0 Å². The fourth-order valence-corrected chi connectivity index (χ4v) is 4.78. The van der Waals surface area contributed by atoms with E-state index in [0.717, 1.165) is 11.1 Å². The van der Waals surface area contributed by atoms with Crippen molar-refractivity contribution >= 4 is 11.9 Å². The Labute approximate surface area is 166 Å². The van der Waals surface area contributed by atoms with Crippen molar-refractivity contribution < 1.29 is 14.3 Å². The van der Waals surface area contributed by atoms with Gasteiger partial charge in [-0.3, -0.25) is 9.59 Å². The van der Waals surface area contributed by atoms with Crippen LogP contribution in [0.4, 0.5) is 0 Å². The highest BCUT2D eigenvalue weighted by Gasteiger charge is 2.76. The molecule has 1 aliphatic carbocycles. The minimum Gasteiger partial charge on any atom is -0.448 e. The van der Waals surface area contributed by atoms with Crippen LogP contribution in [0.1, 0.15) is 44.7 Å². The average molecular weight is 377 g/mol. The van der Waals surface area contributed by atoms with E-state index >= 15 is 0 Å². The summed E-state index contributed by atoms with van der Waals surface area (Å²) >= 11 is 0. The van der Waals surface area contributed by atoms with Crippen molar-refractivity contribution in [3.05, 3.63) is 71.8 Å². The zero-order valence-electron chi connectivity index (χ0n) is 16.8. The van der Waals surface area contributed by atoms with E-state index in [1.807, 2.05) is 86.3 Å². The molecule has 2 atom stereocenters. The molecule has 28 heavy (non-hydrogen) atoms. The highest BCUT2D eigenvalue weighted by atomic mass is 16.6. The molecule has 2 bridgehead atoms. The van der Waals surface area contributed by atoms with Gasteiger partial charge in [0.15, 0.2) is 5.60 Å². The van der Waals surface area contributed by atoms with E-state index in [2.05, 4.69) is 0 Å². The second-order valence-electron chi connectivity index (χ2n) is 8.81. The predicted molar refractivity (Wildman–Crippen MR) is 107 cm³/mol. The predicted octanol–water partition coefficient (Wildman–Crippen LogP) is 4.34. The summed E-state index contributed by atoms with van der Waals surface area (Å²) in [5.41, 5.74) is -0.104. The van der Waals surface area contributed by atoms with Gasteiger partial charge in [0.1, 0.15) is 0 Å². The molecule has 0 radical (unpaired) electrons. The molecule has 1 amide bonds. The Bertz CT molecular complexity index is 851. The summed E-state index contributed by atoms with van der Waals surface area (Å²) in [4.78, 5) is 28.4. The summed E-state index contributed by atoms with van der Waals surface area (Å²) in [6.07, 6.45) is 1.27. The first kappa shape index (κ1) is 18.7. The number of amides is 1. The summed E-state index contributed by atoms with van der Waals surface area (Å²) in [5.74, 6) is -0.323. The van der Waals surface area contributed by atoms with Crippen molar-refractivity contribution in [1.82, 2.24) is 4.90 Å². The molecule has 0 unspecified atom stereocenters. The minimum absolute atomic E-state index is 0.0835. The molecule has 146 valence electrons. The van der Waals surface area contributed by atoms with Crippen molar-refractivity contribution in [2.75, 3.05) is 0 Å². The van der Waals surface area contributed by atoms with Crippen LogP contribution in [0, 0.1) is 10.8 Å². The Kier molecular flexibility index (Phi) is 4.33. The fraction of sp³-hybridized carbons (Fsp3) is 0.417. The molecule has 1 saturated carbocycles. The summed E-state index contributed by atoms with van der Waals surface area (Å²) in [5, 5.41) is 0. The fourth-order valence-electron chi connectivity index (χ4n) is 4.78. The van der Waals surface area contributed by atoms with Crippen LogP contribution in [-0.4, -0.2) is 22.4 Å². The summed E-state index contributed by atoms with van der Waals surface area (Å²) < 4.78 is 5.85. The molecule has 2 aromatic rings. The van der Waals surface area contributed by atoms with Crippen molar-refractivity contribution in [3.8, 4) is 0 Å². The molecule has 4 rings (SSSR count). The standard InChI is InChI=1S/C24H27NO3/c1-22(2)23(3)14-15-24(22,28-21(23)27)20(26)25(16-18-10-6-4-7-11-18)17-19-12-8-5-9-13-19/h4-13H,14-17H2,1-3H3/t23-,24+/m1/s1. The van der Waals surface area contributed by atoms with Gasteiger partial charge < -0.3 is 9.64 Å². The molecule has 0 N–H and O–H groups in total.